The summed E-state index contributed by atoms with van der Waals surface area (Å²) in [6, 6.07) is 4.93. The van der Waals surface area contributed by atoms with Gasteiger partial charge < -0.3 is 4.74 Å². The zero-order chi connectivity index (χ0) is 22.8. The van der Waals surface area contributed by atoms with Crippen molar-refractivity contribution in [3.05, 3.63) is 29.6 Å². The molecule has 2 saturated carbocycles. The third-order valence-corrected chi connectivity index (χ3v) is 8.17. The van der Waals surface area contributed by atoms with Crippen LogP contribution >= 0.6 is 0 Å². The highest BCUT2D eigenvalue weighted by Gasteiger charge is 2.33. The summed E-state index contributed by atoms with van der Waals surface area (Å²) in [4.78, 5) is 12.7. The lowest BCUT2D eigenvalue weighted by atomic mass is 9.68. The van der Waals surface area contributed by atoms with Crippen LogP contribution in [0.3, 0.4) is 0 Å². The number of rotatable bonds is 11. The third-order valence-electron chi connectivity index (χ3n) is 8.17. The van der Waals surface area contributed by atoms with E-state index in [0.717, 1.165) is 74.7 Å². The Bertz CT molecular complexity index is 684. The Morgan fingerprint density at radius 3 is 2.12 bits per heavy atom. The van der Waals surface area contributed by atoms with Crippen LogP contribution in [0.25, 0.3) is 0 Å². The molecule has 2 nitrogen and oxygen atoms in total. The number of halogens is 1. The summed E-state index contributed by atoms with van der Waals surface area (Å²) in [6.45, 7) is 4.43. The highest BCUT2D eigenvalue weighted by atomic mass is 19.1. The fourth-order valence-corrected chi connectivity index (χ4v) is 6.02. The molecule has 0 aromatic heterocycles. The molecule has 3 heteroatoms. The summed E-state index contributed by atoms with van der Waals surface area (Å²) in [5.74, 6) is 2.53. The molecule has 0 spiro atoms. The topological polar surface area (TPSA) is 26.3 Å². The van der Waals surface area contributed by atoms with E-state index in [9.17, 15) is 9.18 Å². The zero-order valence-corrected chi connectivity index (χ0v) is 20.5. The number of esters is 1. The van der Waals surface area contributed by atoms with E-state index in [1.165, 1.54) is 57.4 Å². The first kappa shape index (κ1) is 25.2. The molecule has 2 fully saturated rings. The van der Waals surface area contributed by atoms with Gasteiger partial charge in [-0.1, -0.05) is 71.3 Å². The number of hydrogen-bond donors (Lipinski definition) is 0. The summed E-state index contributed by atoms with van der Waals surface area (Å²) >= 11 is 0. The van der Waals surface area contributed by atoms with E-state index < -0.39 is 0 Å². The molecule has 1 aromatic rings. The van der Waals surface area contributed by atoms with Crippen molar-refractivity contribution < 1.29 is 13.9 Å². The number of benzene rings is 1. The summed E-state index contributed by atoms with van der Waals surface area (Å²) in [7, 11) is 0. The van der Waals surface area contributed by atoms with E-state index in [0.29, 0.717) is 5.75 Å². The van der Waals surface area contributed by atoms with E-state index in [4.69, 9.17) is 4.74 Å². The molecule has 0 heterocycles. The average Bonchev–Trinajstić information content (AvgIpc) is 2.81. The Hall–Kier alpha value is -1.38. The lowest BCUT2D eigenvalue weighted by Gasteiger charge is -2.37. The molecule has 0 unspecified atom stereocenters. The molecule has 0 atom stereocenters. The SMILES string of the molecule is CCCCCc1ccc(OC(=O)C2CCC(C3CCC(CCCCC)CC3)CC2)cc1F. The van der Waals surface area contributed by atoms with Gasteiger partial charge in [-0.3, -0.25) is 4.79 Å². The Kier molecular flexibility index (Phi) is 10.5. The van der Waals surface area contributed by atoms with Gasteiger partial charge in [0.15, 0.2) is 0 Å². The predicted octanol–water partition coefficient (Wildman–Crippen LogP) is 8.66. The molecule has 0 amide bonds. The Labute approximate surface area is 195 Å². The van der Waals surface area contributed by atoms with Crippen LogP contribution in [0.4, 0.5) is 4.39 Å². The van der Waals surface area contributed by atoms with Gasteiger partial charge in [0.25, 0.3) is 0 Å². The highest BCUT2D eigenvalue weighted by Crippen LogP contribution is 2.42. The Morgan fingerprint density at radius 2 is 1.50 bits per heavy atom. The first-order valence-electron chi connectivity index (χ1n) is 13.6. The van der Waals surface area contributed by atoms with E-state index in [1.807, 2.05) is 0 Å². The molecule has 1 aromatic carbocycles. The fourth-order valence-electron chi connectivity index (χ4n) is 6.02. The standard InChI is InChI=1S/C29H45FO2/c1-3-5-7-9-22-11-13-23(14-12-22)24-15-17-26(18-16-24)29(31)32-27-20-19-25(28(30)21-27)10-8-6-4-2/h19-24,26H,3-18H2,1-2H3. The minimum atomic E-state index is -0.250. The maximum absolute atomic E-state index is 14.4. The smallest absolute Gasteiger partial charge is 0.314 e. The van der Waals surface area contributed by atoms with Gasteiger partial charge in [-0.05, 0) is 80.8 Å². The van der Waals surface area contributed by atoms with Crippen LogP contribution in [0.2, 0.25) is 0 Å². The maximum atomic E-state index is 14.4. The second-order valence-electron chi connectivity index (χ2n) is 10.5. The Morgan fingerprint density at radius 1 is 0.875 bits per heavy atom. The van der Waals surface area contributed by atoms with Crippen LogP contribution in [0.1, 0.15) is 116 Å². The number of unbranched alkanes of at least 4 members (excludes halogenated alkanes) is 4. The van der Waals surface area contributed by atoms with Crippen LogP contribution in [0.15, 0.2) is 18.2 Å². The minimum Gasteiger partial charge on any atom is -0.426 e. The van der Waals surface area contributed by atoms with Gasteiger partial charge in [0.1, 0.15) is 11.6 Å². The van der Waals surface area contributed by atoms with Crippen molar-refractivity contribution >= 4 is 5.97 Å². The van der Waals surface area contributed by atoms with Crippen molar-refractivity contribution in [2.24, 2.45) is 23.7 Å². The molecule has 0 radical (unpaired) electrons. The van der Waals surface area contributed by atoms with Crippen LogP contribution in [0, 0.1) is 29.5 Å². The van der Waals surface area contributed by atoms with Gasteiger partial charge in [-0.15, -0.1) is 0 Å². The molecule has 0 N–H and O–H groups in total. The quantitative estimate of drug-likeness (QED) is 0.194. The third kappa shape index (κ3) is 7.59. The summed E-state index contributed by atoms with van der Waals surface area (Å²) in [5, 5.41) is 0. The predicted molar refractivity (Wildman–Crippen MR) is 130 cm³/mol. The summed E-state index contributed by atoms with van der Waals surface area (Å²) in [5.41, 5.74) is 0.721. The monoisotopic (exact) mass is 444 g/mol. The number of aryl methyl sites for hydroxylation is 1. The van der Waals surface area contributed by atoms with Gasteiger partial charge >= 0.3 is 5.97 Å². The van der Waals surface area contributed by atoms with Gasteiger partial charge in [-0.2, -0.15) is 0 Å². The zero-order valence-electron chi connectivity index (χ0n) is 20.5. The molecule has 180 valence electrons. The van der Waals surface area contributed by atoms with Crippen molar-refractivity contribution in [2.45, 2.75) is 117 Å². The molecular formula is C29H45FO2. The van der Waals surface area contributed by atoms with Crippen LogP contribution in [-0.2, 0) is 11.2 Å². The van der Waals surface area contributed by atoms with Crippen molar-refractivity contribution in [1.29, 1.82) is 0 Å². The normalized spacial score (nSPS) is 26.1. The minimum absolute atomic E-state index is 0.0241. The number of carbonyl (C=O) groups is 1. The fraction of sp³-hybridized carbons (Fsp3) is 0.759. The number of carbonyl (C=O) groups excluding carboxylic acids is 1. The molecule has 2 aliphatic carbocycles. The lowest BCUT2D eigenvalue weighted by molar-refractivity contribution is -0.140. The van der Waals surface area contributed by atoms with E-state index in [2.05, 4.69) is 13.8 Å². The molecular weight excluding hydrogens is 399 g/mol. The highest BCUT2D eigenvalue weighted by molar-refractivity contribution is 5.75. The molecule has 0 bridgehead atoms. The largest absolute Gasteiger partial charge is 0.426 e. The van der Waals surface area contributed by atoms with Crippen molar-refractivity contribution in [3.63, 3.8) is 0 Å². The van der Waals surface area contributed by atoms with E-state index in [-0.39, 0.29) is 17.7 Å². The van der Waals surface area contributed by atoms with Gasteiger partial charge in [-0.25, -0.2) is 4.39 Å². The number of hydrogen-bond acceptors (Lipinski definition) is 2. The second-order valence-corrected chi connectivity index (χ2v) is 10.5. The van der Waals surface area contributed by atoms with E-state index in [1.54, 1.807) is 12.1 Å². The van der Waals surface area contributed by atoms with Gasteiger partial charge in [0.2, 0.25) is 0 Å². The first-order chi connectivity index (χ1) is 15.6. The summed E-state index contributed by atoms with van der Waals surface area (Å²) < 4.78 is 19.9. The lowest BCUT2D eigenvalue weighted by Crippen LogP contribution is -2.30. The molecule has 0 saturated heterocycles. The van der Waals surface area contributed by atoms with Crippen LogP contribution in [0.5, 0.6) is 5.75 Å². The molecule has 3 rings (SSSR count). The number of ether oxygens (including phenoxy) is 1. The van der Waals surface area contributed by atoms with Crippen LogP contribution in [-0.4, -0.2) is 5.97 Å². The molecule has 32 heavy (non-hydrogen) atoms. The average molecular weight is 445 g/mol. The van der Waals surface area contributed by atoms with Crippen molar-refractivity contribution in [3.8, 4) is 5.75 Å². The first-order valence-corrected chi connectivity index (χ1v) is 13.6. The van der Waals surface area contributed by atoms with E-state index >= 15 is 0 Å². The maximum Gasteiger partial charge on any atom is 0.314 e. The van der Waals surface area contributed by atoms with Gasteiger partial charge in [0.05, 0.1) is 5.92 Å². The molecule has 2 aliphatic rings. The van der Waals surface area contributed by atoms with Crippen LogP contribution < -0.4 is 4.74 Å². The Balaban J connectivity index is 1.39. The second kappa shape index (κ2) is 13.4. The summed E-state index contributed by atoms with van der Waals surface area (Å²) in [6.07, 6.45) is 19.3. The van der Waals surface area contributed by atoms with Crippen molar-refractivity contribution in [2.75, 3.05) is 0 Å². The van der Waals surface area contributed by atoms with Crippen molar-refractivity contribution in [1.82, 2.24) is 0 Å². The van der Waals surface area contributed by atoms with Gasteiger partial charge in [0, 0.05) is 6.07 Å². The molecule has 0 aliphatic heterocycles.